The highest BCUT2D eigenvalue weighted by atomic mass is 32.1. The molecule has 0 saturated heterocycles. The molecule has 1 aliphatic rings. The first kappa shape index (κ1) is 23.5. The number of benzene rings is 2. The number of amides is 3. The molecule has 2 heterocycles. The first-order valence-electron chi connectivity index (χ1n) is 10.4. The zero-order valence-electron chi connectivity index (χ0n) is 18.1. The van der Waals surface area contributed by atoms with Crippen LogP contribution in [0.5, 0.6) is 0 Å². The van der Waals surface area contributed by atoms with Gasteiger partial charge in [-0.25, -0.2) is 9.80 Å². The molecule has 3 amide bonds. The Balaban J connectivity index is 1.45. The second-order valence-electron chi connectivity index (χ2n) is 7.75. The number of rotatable bonds is 5. The highest BCUT2D eigenvalue weighted by Crippen LogP contribution is 2.34. The maximum Gasteiger partial charge on any atom is 0.416 e. The molecule has 34 heavy (non-hydrogen) atoms. The monoisotopic (exact) mass is 486 g/mol. The molecule has 4 rings (SSSR count). The molecule has 0 unspecified atom stereocenters. The summed E-state index contributed by atoms with van der Waals surface area (Å²) in [5.41, 5.74) is 1.12. The van der Waals surface area contributed by atoms with Crippen LogP contribution in [0.15, 0.2) is 77.2 Å². The maximum absolute atomic E-state index is 13.1. The fourth-order valence-corrected chi connectivity index (χ4v) is 4.30. The molecule has 10 heteroatoms. The zero-order valence-corrected chi connectivity index (χ0v) is 18.9. The minimum absolute atomic E-state index is 0.193. The van der Waals surface area contributed by atoms with Crippen molar-refractivity contribution in [3.8, 4) is 0 Å². The predicted molar refractivity (Wildman–Crippen MR) is 125 cm³/mol. The van der Waals surface area contributed by atoms with Gasteiger partial charge in [0.2, 0.25) is 0 Å². The summed E-state index contributed by atoms with van der Waals surface area (Å²) in [6.07, 6.45) is -3.91. The number of likely N-dealkylation sites (N-methyl/N-ethyl adjacent to an activating group) is 1. The number of halogens is 3. The van der Waals surface area contributed by atoms with Gasteiger partial charge in [0.1, 0.15) is 6.54 Å². The lowest BCUT2D eigenvalue weighted by molar-refractivity contribution is -0.137. The van der Waals surface area contributed by atoms with Crippen molar-refractivity contribution in [3.05, 3.63) is 88.1 Å². The van der Waals surface area contributed by atoms with Crippen molar-refractivity contribution < 1.29 is 22.8 Å². The molecule has 1 aromatic heterocycles. The average molecular weight is 487 g/mol. The molecule has 3 aromatic rings. The largest absolute Gasteiger partial charge is 0.416 e. The second kappa shape index (κ2) is 9.68. The number of thiophene rings is 1. The number of carbonyl (C=O) groups excluding carboxylic acids is 2. The predicted octanol–water partition coefficient (Wildman–Crippen LogP) is 5.61. The number of hydrazone groups is 1. The molecule has 0 spiro atoms. The van der Waals surface area contributed by atoms with Gasteiger partial charge in [0.15, 0.2) is 0 Å². The fourth-order valence-electron chi connectivity index (χ4n) is 3.58. The van der Waals surface area contributed by atoms with Gasteiger partial charge in [0, 0.05) is 19.2 Å². The van der Waals surface area contributed by atoms with E-state index in [4.69, 9.17) is 0 Å². The Kier molecular flexibility index (Phi) is 6.69. The van der Waals surface area contributed by atoms with Crippen LogP contribution in [0.3, 0.4) is 0 Å². The molecule has 1 atom stereocenters. The van der Waals surface area contributed by atoms with Crippen molar-refractivity contribution in [2.75, 3.05) is 18.9 Å². The van der Waals surface area contributed by atoms with Crippen LogP contribution in [0.25, 0.3) is 0 Å². The van der Waals surface area contributed by atoms with Gasteiger partial charge in [-0.2, -0.15) is 18.3 Å². The molecular formula is C24H21F3N4O2S. The first-order chi connectivity index (χ1) is 16.2. The lowest BCUT2D eigenvalue weighted by atomic mass is 10.0. The Hall–Kier alpha value is -3.66. The van der Waals surface area contributed by atoms with Gasteiger partial charge in [-0.05, 0) is 41.3 Å². The molecule has 0 radical (unpaired) electrons. The smallest absolute Gasteiger partial charge is 0.318 e. The average Bonchev–Trinajstić information content (AvgIpc) is 3.49. The number of urea groups is 1. The Morgan fingerprint density at radius 1 is 1.09 bits per heavy atom. The third kappa shape index (κ3) is 5.28. The van der Waals surface area contributed by atoms with Gasteiger partial charge in [0.25, 0.3) is 5.91 Å². The molecule has 1 aliphatic heterocycles. The van der Waals surface area contributed by atoms with E-state index in [1.807, 2.05) is 47.8 Å². The van der Waals surface area contributed by atoms with E-state index in [9.17, 15) is 22.8 Å². The molecule has 6 nitrogen and oxygen atoms in total. The molecule has 2 aromatic carbocycles. The molecule has 1 N–H and O–H groups in total. The molecule has 0 bridgehead atoms. The van der Waals surface area contributed by atoms with Crippen molar-refractivity contribution in [2.45, 2.75) is 18.6 Å². The summed E-state index contributed by atoms with van der Waals surface area (Å²) < 4.78 is 38.2. The van der Waals surface area contributed by atoms with Crippen molar-refractivity contribution in [1.82, 2.24) is 9.91 Å². The van der Waals surface area contributed by atoms with E-state index in [1.165, 1.54) is 40.4 Å². The van der Waals surface area contributed by atoms with Gasteiger partial charge in [-0.1, -0.05) is 36.4 Å². The third-order valence-corrected chi connectivity index (χ3v) is 6.26. The topological polar surface area (TPSA) is 65.0 Å². The van der Waals surface area contributed by atoms with E-state index in [0.29, 0.717) is 6.42 Å². The quantitative estimate of drug-likeness (QED) is 0.510. The van der Waals surface area contributed by atoms with E-state index in [2.05, 4.69) is 10.4 Å². The standard InChI is InChI=1S/C24H21F3N4O2S/c1-30(23(33)28-18-11-9-17(10-12-18)24(25,26)27)15-22(32)31-20(16-6-3-2-4-7-16)14-19(29-31)21-8-5-13-34-21/h2-13,20H,14-15H2,1H3,(H,28,33)/t20-/m0/s1. The van der Waals surface area contributed by atoms with Gasteiger partial charge < -0.3 is 10.2 Å². The van der Waals surface area contributed by atoms with E-state index in [-0.39, 0.29) is 24.2 Å². The normalized spacial score (nSPS) is 15.7. The molecule has 176 valence electrons. The lowest BCUT2D eigenvalue weighted by Crippen LogP contribution is -2.41. The maximum atomic E-state index is 13.1. The number of alkyl halides is 3. The highest BCUT2D eigenvalue weighted by Gasteiger charge is 2.34. The van der Waals surface area contributed by atoms with Crippen LogP contribution in [0.1, 0.15) is 28.5 Å². The van der Waals surface area contributed by atoms with Crippen LogP contribution in [-0.4, -0.2) is 41.2 Å². The van der Waals surface area contributed by atoms with Crippen molar-refractivity contribution in [1.29, 1.82) is 0 Å². The van der Waals surface area contributed by atoms with Gasteiger partial charge >= 0.3 is 12.2 Å². The minimum atomic E-state index is -4.46. The summed E-state index contributed by atoms with van der Waals surface area (Å²) in [6.45, 7) is -0.253. The Morgan fingerprint density at radius 2 is 1.79 bits per heavy atom. The number of carbonyl (C=O) groups is 2. The lowest BCUT2D eigenvalue weighted by Gasteiger charge is -2.25. The minimum Gasteiger partial charge on any atom is -0.318 e. The van der Waals surface area contributed by atoms with Crippen molar-refractivity contribution in [3.63, 3.8) is 0 Å². The van der Waals surface area contributed by atoms with E-state index >= 15 is 0 Å². The van der Waals surface area contributed by atoms with Gasteiger partial charge in [-0.15, -0.1) is 11.3 Å². The summed E-state index contributed by atoms with van der Waals surface area (Å²) in [4.78, 5) is 27.8. The van der Waals surface area contributed by atoms with Crippen LogP contribution >= 0.6 is 11.3 Å². The number of anilines is 1. The Labute approximate surface area is 198 Å². The first-order valence-corrected chi connectivity index (χ1v) is 11.3. The van der Waals surface area contributed by atoms with Crippen LogP contribution < -0.4 is 5.32 Å². The number of nitrogens with zero attached hydrogens (tertiary/aromatic N) is 3. The number of nitrogens with one attached hydrogen (secondary N) is 1. The Morgan fingerprint density at radius 3 is 2.41 bits per heavy atom. The summed E-state index contributed by atoms with van der Waals surface area (Å²) in [7, 11) is 1.44. The SMILES string of the molecule is CN(CC(=O)N1N=C(c2cccs2)C[C@H]1c1ccccc1)C(=O)Nc1ccc(C(F)(F)F)cc1. The molecule has 0 aliphatic carbocycles. The summed E-state index contributed by atoms with van der Waals surface area (Å²) in [5, 5.41) is 10.4. The van der Waals surface area contributed by atoms with E-state index < -0.39 is 17.8 Å². The third-order valence-electron chi connectivity index (χ3n) is 5.34. The van der Waals surface area contributed by atoms with Crippen LogP contribution in [0, 0.1) is 0 Å². The van der Waals surface area contributed by atoms with Crippen LogP contribution in [-0.2, 0) is 11.0 Å². The Bertz CT molecular complexity index is 1180. The summed E-state index contributed by atoms with van der Waals surface area (Å²) in [5.74, 6) is -0.370. The van der Waals surface area contributed by atoms with Gasteiger partial charge in [-0.3, -0.25) is 4.79 Å². The van der Waals surface area contributed by atoms with Crippen LogP contribution in [0.4, 0.5) is 23.7 Å². The van der Waals surface area contributed by atoms with Crippen molar-refractivity contribution in [2.24, 2.45) is 5.10 Å². The summed E-state index contributed by atoms with van der Waals surface area (Å²) >= 11 is 1.54. The van der Waals surface area contributed by atoms with Gasteiger partial charge in [0.05, 0.1) is 22.2 Å². The highest BCUT2D eigenvalue weighted by molar-refractivity contribution is 7.12. The van der Waals surface area contributed by atoms with E-state index in [0.717, 1.165) is 28.3 Å². The van der Waals surface area contributed by atoms with Crippen molar-refractivity contribution >= 4 is 34.7 Å². The number of hydrogen-bond acceptors (Lipinski definition) is 4. The fraction of sp³-hybridized carbons (Fsp3) is 0.208. The van der Waals surface area contributed by atoms with E-state index in [1.54, 1.807) is 0 Å². The second-order valence-corrected chi connectivity index (χ2v) is 8.70. The summed E-state index contributed by atoms with van der Waals surface area (Å²) in [6, 6.07) is 16.6. The molecule has 0 saturated carbocycles. The molecular weight excluding hydrogens is 465 g/mol. The molecule has 0 fully saturated rings. The number of hydrogen-bond donors (Lipinski definition) is 1. The van der Waals surface area contributed by atoms with Crippen LogP contribution in [0.2, 0.25) is 0 Å². The zero-order chi connectivity index (χ0) is 24.3.